The molecule has 0 bridgehead atoms. The molecule has 8 heteroatoms. The zero-order valence-corrected chi connectivity index (χ0v) is 20.7. The van der Waals surface area contributed by atoms with Crippen LogP contribution >= 0.6 is 11.6 Å². The van der Waals surface area contributed by atoms with Crippen LogP contribution in [0.2, 0.25) is 5.02 Å². The van der Waals surface area contributed by atoms with Crippen molar-refractivity contribution in [1.29, 1.82) is 0 Å². The maximum Gasteiger partial charge on any atom is 0.261 e. The number of nitrogens with zero attached hydrogens (tertiary/aromatic N) is 2. The SMILES string of the molecule is COCCN(C(=O)COc1ccc(Cl)cc1)C1c2cc(OC)c(OC)cc2CCC1N(C)C. The number of hydrogen-bond acceptors (Lipinski definition) is 6. The Balaban J connectivity index is 1.95. The molecule has 0 saturated heterocycles. The van der Waals surface area contributed by atoms with Crippen molar-refractivity contribution in [2.24, 2.45) is 0 Å². The number of rotatable bonds is 10. The van der Waals surface area contributed by atoms with Crippen LogP contribution in [0.5, 0.6) is 17.2 Å². The van der Waals surface area contributed by atoms with Gasteiger partial charge in [-0.25, -0.2) is 0 Å². The van der Waals surface area contributed by atoms with Crippen molar-refractivity contribution in [2.75, 3.05) is 55.2 Å². The fourth-order valence-electron chi connectivity index (χ4n) is 4.38. The molecule has 33 heavy (non-hydrogen) atoms. The number of aryl methyl sites for hydroxylation is 1. The number of amides is 1. The van der Waals surface area contributed by atoms with E-state index in [0.717, 1.165) is 24.0 Å². The number of halogens is 1. The normalized spacial score (nSPS) is 17.4. The third-order valence-corrected chi connectivity index (χ3v) is 6.32. The summed E-state index contributed by atoms with van der Waals surface area (Å²) in [6.45, 7) is 0.790. The largest absolute Gasteiger partial charge is 0.493 e. The van der Waals surface area contributed by atoms with Crippen molar-refractivity contribution in [3.8, 4) is 17.2 Å². The molecule has 180 valence electrons. The standard InChI is InChI=1S/C25H33ClN2O5/c1-27(2)21-11-6-17-14-22(31-4)23(32-5)15-20(17)25(21)28(12-13-30-3)24(29)16-33-19-9-7-18(26)8-10-19/h7-10,14-15,21,25H,6,11-13,16H2,1-5H3. The highest BCUT2D eigenvalue weighted by Crippen LogP contribution is 2.42. The van der Waals surface area contributed by atoms with Gasteiger partial charge in [0.2, 0.25) is 0 Å². The summed E-state index contributed by atoms with van der Waals surface area (Å²) in [4.78, 5) is 17.5. The minimum atomic E-state index is -0.181. The van der Waals surface area contributed by atoms with E-state index in [4.69, 9.17) is 30.5 Å². The molecular weight excluding hydrogens is 444 g/mol. The van der Waals surface area contributed by atoms with Crippen molar-refractivity contribution < 1.29 is 23.7 Å². The highest BCUT2D eigenvalue weighted by molar-refractivity contribution is 6.30. The molecule has 0 fully saturated rings. The van der Waals surface area contributed by atoms with Crippen LogP contribution in [-0.4, -0.2) is 76.9 Å². The summed E-state index contributed by atoms with van der Waals surface area (Å²) in [5.41, 5.74) is 2.22. The van der Waals surface area contributed by atoms with Gasteiger partial charge in [-0.3, -0.25) is 4.79 Å². The predicted octanol–water partition coefficient (Wildman–Crippen LogP) is 3.83. The first-order valence-corrected chi connectivity index (χ1v) is 11.3. The molecule has 1 aliphatic carbocycles. The predicted molar refractivity (Wildman–Crippen MR) is 129 cm³/mol. The second kappa shape index (κ2) is 11.6. The fraction of sp³-hybridized carbons (Fsp3) is 0.480. The number of fused-ring (bicyclic) bond motifs is 1. The molecule has 0 aromatic heterocycles. The fourth-order valence-corrected chi connectivity index (χ4v) is 4.51. The summed E-state index contributed by atoms with van der Waals surface area (Å²) in [5, 5.41) is 0.618. The van der Waals surface area contributed by atoms with Gasteiger partial charge < -0.3 is 28.7 Å². The number of likely N-dealkylation sites (N-methyl/N-ethyl adjacent to an activating group) is 1. The first kappa shape index (κ1) is 25.1. The van der Waals surface area contributed by atoms with Crippen molar-refractivity contribution in [2.45, 2.75) is 24.9 Å². The lowest BCUT2D eigenvalue weighted by molar-refractivity contribution is -0.138. The molecule has 7 nitrogen and oxygen atoms in total. The lowest BCUT2D eigenvalue weighted by Gasteiger charge is -2.44. The van der Waals surface area contributed by atoms with Crippen LogP contribution in [0.1, 0.15) is 23.6 Å². The second-order valence-electron chi connectivity index (χ2n) is 8.24. The van der Waals surface area contributed by atoms with Crippen LogP contribution in [0, 0.1) is 0 Å². The average molecular weight is 477 g/mol. The molecule has 2 atom stereocenters. The van der Waals surface area contributed by atoms with Gasteiger partial charge in [-0.2, -0.15) is 0 Å². The van der Waals surface area contributed by atoms with Gasteiger partial charge in [0.1, 0.15) is 5.75 Å². The molecule has 0 spiro atoms. The van der Waals surface area contributed by atoms with E-state index in [9.17, 15) is 4.79 Å². The van der Waals surface area contributed by atoms with Crippen LogP contribution in [0.4, 0.5) is 0 Å². The minimum absolute atomic E-state index is 0.0788. The summed E-state index contributed by atoms with van der Waals surface area (Å²) < 4.78 is 22.2. The summed E-state index contributed by atoms with van der Waals surface area (Å²) in [7, 11) is 8.99. The molecule has 2 aromatic carbocycles. The quantitative estimate of drug-likeness (QED) is 0.519. The van der Waals surface area contributed by atoms with Crippen LogP contribution < -0.4 is 14.2 Å². The van der Waals surface area contributed by atoms with E-state index >= 15 is 0 Å². The molecule has 0 radical (unpaired) electrons. The second-order valence-corrected chi connectivity index (χ2v) is 8.68. The van der Waals surface area contributed by atoms with Crippen LogP contribution in [0.15, 0.2) is 36.4 Å². The van der Waals surface area contributed by atoms with E-state index in [-0.39, 0.29) is 24.6 Å². The Morgan fingerprint density at radius 1 is 1.06 bits per heavy atom. The lowest BCUT2D eigenvalue weighted by Crippen LogP contribution is -2.50. The molecule has 0 heterocycles. The Hall–Kier alpha value is -2.48. The van der Waals surface area contributed by atoms with Gasteiger partial charge in [0, 0.05) is 24.7 Å². The maximum atomic E-state index is 13.5. The number of ether oxygens (including phenoxy) is 4. The van der Waals surface area contributed by atoms with E-state index in [1.807, 2.05) is 31.1 Å². The Kier molecular flexibility index (Phi) is 8.83. The van der Waals surface area contributed by atoms with Gasteiger partial charge in [0.25, 0.3) is 5.91 Å². The number of hydrogen-bond donors (Lipinski definition) is 0. The highest BCUT2D eigenvalue weighted by atomic mass is 35.5. The van der Waals surface area contributed by atoms with Crippen LogP contribution in [-0.2, 0) is 16.0 Å². The van der Waals surface area contributed by atoms with Gasteiger partial charge >= 0.3 is 0 Å². The van der Waals surface area contributed by atoms with Gasteiger partial charge in [-0.05, 0) is 74.5 Å². The molecular formula is C25H33ClN2O5. The van der Waals surface area contributed by atoms with Gasteiger partial charge in [-0.1, -0.05) is 11.6 Å². The first-order chi connectivity index (χ1) is 15.9. The van der Waals surface area contributed by atoms with E-state index in [0.29, 0.717) is 35.4 Å². The summed E-state index contributed by atoms with van der Waals surface area (Å²) >= 11 is 5.95. The Bertz CT molecular complexity index is 935. The minimum Gasteiger partial charge on any atom is -0.493 e. The van der Waals surface area contributed by atoms with E-state index in [1.54, 1.807) is 45.6 Å². The number of benzene rings is 2. The Labute approximate surface area is 201 Å². The molecule has 1 amide bonds. The van der Waals surface area contributed by atoms with Crippen molar-refractivity contribution in [1.82, 2.24) is 9.80 Å². The Morgan fingerprint density at radius 2 is 1.73 bits per heavy atom. The molecule has 0 saturated carbocycles. The average Bonchev–Trinajstić information content (AvgIpc) is 2.82. The number of carbonyl (C=O) groups is 1. The van der Waals surface area contributed by atoms with Gasteiger partial charge in [0.05, 0.1) is 26.9 Å². The van der Waals surface area contributed by atoms with Crippen LogP contribution in [0.3, 0.4) is 0 Å². The number of carbonyl (C=O) groups excluding carboxylic acids is 1. The van der Waals surface area contributed by atoms with E-state index < -0.39 is 0 Å². The highest BCUT2D eigenvalue weighted by Gasteiger charge is 2.38. The lowest BCUT2D eigenvalue weighted by atomic mass is 9.82. The summed E-state index contributed by atoms with van der Waals surface area (Å²) in [5.74, 6) is 1.83. The molecule has 3 rings (SSSR count). The third-order valence-electron chi connectivity index (χ3n) is 6.07. The first-order valence-electron chi connectivity index (χ1n) is 11.0. The third kappa shape index (κ3) is 5.91. The molecule has 2 unspecified atom stereocenters. The monoisotopic (exact) mass is 476 g/mol. The van der Waals surface area contributed by atoms with Crippen LogP contribution in [0.25, 0.3) is 0 Å². The molecule has 0 aliphatic heterocycles. The van der Waals surface area contributed by atoms with Crippen molar-refractivity contribution in [3.63, 3.8) is 0 Å². The van der Waals surface area contributed by atoms with Crippen molar-refractivity contribution >= 4 is 17.5 Å². The smallest absolute Gasteiger partial charge is 0.261 e. The zero-order chi connectivity index (χ0) is 24.0. The summed E-state index contributed by atoms with van der Waals surface area (Å²) in [6.07, 6.45) is 1.80. The Morgan fingerprint density at radius 3 is 2.33 bits per heavy atom. The number of methoxy groups -OCH3 is 3. The van der Waals surface area contributed by atoms with Gasteiger partial charge in [-0.15, -0.1) is 0 Å². The topological polar surface area (TPSA) is 60.5 Å². The molecule has 2 aromatic rings. The van der Waals surface area contributed by atoms with E-state index in [1.165, 1.54) is 0 Å². The van der Waals surface area contributed by atoms with E-state index in [2.05, 4.69) is 4.90 Å². The summed E-state index contributed by atoms with van der Waals surface area (Å²) in [6, 6.07) is 11.0. The zero-order valence-electron chi connectivity index (χ0n) is 20.0. The molecule has 0 N–H and O–H groups in total. The van der Waals surface area contributed by atoms with Gasteiger partial charge in [0.15, 0.2) is 18.1 Å². The van der Waals surface area contributed by atoms with Crippen molar-refractivity contribution in [3.05, 3.63) is 52.5 Å². The maximum absolute atomic E-state index is 13.5. The molecule has 1 aliphatic rings.